The van der Waals surface area contributed by atoms with E-state index < -0.39 is 0 Å². The number of amides is 1. The number of anilines is 3. The van der Waals surface area contributed by atoms with Crippen LogP contribution in [0.15, 0.2) is 67.1 Å². The number of hydrogen-bond donors (Lipinski definition) is 0. The summed E-state index contributed by atoms with van der Waals surface area (Å²) >= 11 is 6.29. The van der Waals surface area contributed by atoms with Crippen molar-refractivity contribution in [3.8, 4) is 11.1 Å². The van der Waals surface area contributed by atoms with Gasteiger partial charge in [-0.05, 0) is 48.0 Å². The molecule has 9 nitrogen and oxygen atoms in total. The molecule has 1 aliphatic rings. The van der Waals surface area contributed by atoms with Crippen molar-refractivity contribution in [2.75, 3.05) is 43.0 Å². The molecule has 1 amide bonds. The quantitative estimate of drug-likeness (QED) is 0.352. The molecule has 1 saturated heterocycles. The van der Waals surface area contributed by atoms with Crippen molar-refractivity contribution in [1.82, 2.24) is 29.5 Å². The van der Waals surface area contributed by atoms with Gasteiger partial charge in [0.2, 0.25) is 5.91 Å². The first-order chi connectivity index (χ1) is 18.0. The molecule has 3 aromatic heterocycles. The molecule has 5 aromatic rings. The summed E-state index contributed by atoms with van der Waals surface area (Å²) in [5.74, 6) is 2.33. The summed E-state index contributed by atoms with van der Waals surface area (Å²) in [4.78, 5) is 27.3. The highest BCUT2D eigenvalue weighted by Gasteiger charge is 2.20. The van der Waals surface area contributed by atoms with Crippen LogP contribution in [0.2, 0.25) is 5.02 Å². The van der Waals surface area contributed by atoms with Crippen LogP contribution in [0.5, 0.6) is 0 Å². The molecule has 0 radical (unpaired) electrons. The van der Waals surface area contributed by atoms with Crippen LogP contribution in [0.3, 0.4) is 0 Å². The Bertz CT molecular complexity index is 1610. The van der Waals surface area contributed by atoms with Crippen LogP contribution in [-0.4, -0.2) is 68.6 Å². The first-order valence-electron chi connectivity index (χ1n) is 12.1. The monoisotopic (exact) mass is 512 g/mol. The predicted molar refractivity (Wildman–Crippen MR) is 146 cm³/mol. The van der Waals surface area contributed by atoms with E-state index in [2.05, 4.69) is 39.4 Å². The molecule has 186 valence electrons. The van der Waals surface area contributed by atoms with Gasteiger partial charge in [0.15, 0.2) is 0 Å². The molecule has 0 N–H and O–H groups in total. The molecule has 1 fully saturated rings. The number of fused-ring (bicyclic) bond motifs is 3. The Morgan fingerprint density at radius 2 is 1.84 bits per heavy atom. The summed E-state index contributed by atoms with van der Waals surface area (Å²) < 4.78 is 1.84. The summed E-state index contributed by atoms with van der Waals surface area (Å²) in [5, 5.41) is 9.77. The first-order valence-corrected chi connectivity index (χ1v) is 12.5. The molecule has 4 heterocycles. The summed E-state index contributed by atoms with van der Waals surface area (Å²) in [6.07, 6.45) is 3.55. The Kier molecular flexibility index (Phi) is 5.84. The van der Waals surface area contributed by atoms with Crippen LogP contribution < -0.4 is 9.80 Å². The minimum Gasteiger partial charge on any atom is -0.353 e. The van der Waals surface area contributed by atoms with Crippen molar-refractivity contribution in [1.29, 1.82) is 0 Å². The molecule has 0 aliphatic carbocycles. The molecule has 2 aromatic carbocycles. The van der Waals surface area contributed by atoms with Crippen LogP contribution in [0.1, 0.15) is 6.92 Å². The second kappa shape index (κ2) is 9.33. The lowest BCUT2D eigenvalue weighted by molar-refractivity contribution is -0.129. The molecular weight excluding hydrogens is 488 g/mol. The third-order valence-corrected chi connectivity index (χ3v) is 7.11. The normalized spacial score (nSPS) is 13.9. The number of halogens is 1. The Labute approximate surface area is 218 Å². The van der Waals surface area contributed by atoms with Gasteiger partial charge in [-0.2, -0.15) is 4.98 Å². The largest absolute Gasteiger partial charge is 0.353 e. The lowest BCUT2D eigenvalue weighted by Gasteiger charge is -2.34. The number of hydrogen-bond acceptors (Lipinski definition) is 7. The van der Waals surface area contributed by atoms with E-state index in [9.17, 15) is 4.79 Å². The van der Waals surface area contributed by atoms with E-state index in [0.29, 0.717) is 10.8 Å². The minimum atomic E-state index is 0.126. The van der Waals surface area contributed by atoms with Gasteiger partial charge in [0.05, 0.1) is 5.52 Å². The zero-order valence-electron chi connectivity index (χ0n) is 20.5. The maximum atomic E-state index is 11.6. The van der Waals surface area contributed by atoms with E-state index in [1.54, 1.807) is 13.3 Å². The molecule has 0 bridgehead atoms. The standard InChI is InChI=1S/C27H25ClN8O/c1-18(37)34-10-12-35(13-11-34)25-9-6-20(16-29-25)19-4-3-5-22(14-19)33(2)26-23-8-7-21(28)15-24(23)36-17-30-32-27(36)31-26/h3-9,14-17H,10-13H2,1-2H3. The van der Waals surface area contributed by atoms with E-state index in [4.69, 9.17) is 21.6 Å². The molecule has 37 heavy (non-hydrogen) atoms. The predicted octanol–water partition coefficient (Wildman–Crippen LogP) is 4.43. The van der Waals surface area contributed by atoms with Gasteiger partial charge in [-0.25, -0.2) is 4.98 Å². The number of benzene rings is 2. The maximum absolute atomic E-state index is 11.6. The highest BCUT2D eigenvalue weighted by molar-refractivity contribution is 6.31. The average molecular weight is 513 g/mol. The van der Waals surface area contributed by atoms with E-state index >= 15 is 0 Å². The van der Waals surface area contributed by atoms with Gasteiger partial charge in [-0.15, -0.1) is 10.2 Å². The van der Waals surface area contributed by atoms with Crippen molar-refractivity contribution in [2.45, 2.75) is 6.92 Å². The molecule has 0 unspecified atom stereocenters. The van der Waals surface area contributed by atoms with Crippen molar-refractivity contribution in [3.05, 3.63) is 72.1 Å². The van der Waals surface area contributed by atoms with Crippen molar-refractivity contribution in [3.63, 3.8) is 0 Å². The van der Waals surface area contributed by atoms with E-state index in [1.807, 2.05) is 57.8 Å². The SMILES string of the molecule is CC(=O)N1CCN(c2ccc(-c3cccc(N(C)c4nc5nncn5c5cc(Cl)ccc45)c3)cn2)CC1. The highest BCUT2D eigenvalue weighted by Crippen LogP contribution is 2.33. The molecule has 0 spiro atoms. The summed E-state index contributed by atoms with van der Waals surface area (Å²) in [6, 6.07) is 18.2. The molecule has 0 saturated carbocycles. The number of carbonyl (C=O) groups is 1. The molecule has 0 atom stereocenters. The smallest absolute Gasteiger partial charge is 0.257 e. The lowest BCUT2D eigenvalue weighted by Crippen LogP contribution is -2.48. The first kappa shape index (κ1) is 23.2. The fourth-order valence-electron chi connectivity index (χ4n) is 4.79. The number of rotatable bonds is 4. The van der Waals surface area contributed by atoms with Crippen LogP contribution in [0.25, 0.3) is 27.8 Å². The number of aromatic nitrogens is 5. The molecule has 6 rings (SSSR count). The number of pyridine rings is 1. The second-order valence-electron chi connectivity index (χ2n) is 9.11. The van der Waals surface area contributed by atoms with E-state index in [1.165, 1.54) is 0 Å². The number of nitrogens with zero attached hydrogens (tertiary/aromatic N) is 8. The fourth-order valence-corrected chi connectivity index (χ4v) is 4.96. The number of piperazine rings is 1. The Hall–Kier alpha value is -4.24. The van der Waals surface area contributed by atoms with E-state index in [-0.39, 0.29) is 5.91 Å². The van der Waals surface area contributed by atoms with Crippen LogP contribution in [0, 0.1) is 0 Å². The fraction of sp³-hybridized carbons (Fsp3) is 0.222. The van der Waals surface area contributed by atoms with Gasteiger partial charge in [0, 0.05) is 68.0 Å². The summed E-state index contributed by atoms with van der Waals surface area (Å²) in [6.45, 7) is 4.64. The van der Waals surface area contributed by atoms with Crippen LogP contribution >= 0.6 is 11.6 Å². The second-order valence-corrected chi connectivity index (χ2v) is 9.54. The van der Waals surface area contributed by atoms with Gasteiger partial charge >= 0.3 is 0 Å². The van der Waals surface area contributed by atoms with Crippen molar-refractivity contribution < 1.29 is 4.79 Å². The van der Waals surface area contributed by atoms with Crippen LogP contribution in [0.4, 0.5) is 17.3 Å². The third kappa shape index (κ3) is 4.31. The van der Waals surface area contributed by atoms with Crippen molar-refractivity contribution in [2.24, 2.45) is 0 Å². The zero-order valence-corrected chi connectivity index (χ0v) is 21.3. The third-order valence-electron chi connectivity index (χ3n) is 6.88. The van der Waals surface area contributed by atoms with Gasteiger partial charge in [0.1, 0.15) is 18.0 Å². The molecule has 1 aliphatic heterocycles. The van der Waals surface area contributed by atoms with Gasteiger partial charge in [0.25, 0.3) is 5.78 Å². The zero-order chi connectivity index (χ0) is 25.5. The Morgan fingerprint density at radius 1 is 1.00 bits per heavy atom. The number of carbonyl (C=O) groups excluding carboxylic acids is 1. The lowest BCUT2D eigenvalue weighted by atomic mass is 10.1. The molecule has 10 heteroatoms. The topological polar surface area (TPSA) is 82.8 Å². The highest BCUT2D eigenvalue weighted by atomic mass is 35.5. The minimum absolute atomic E-state index is 0.126. The average Bonchev–Trinajstić information content (AvgIpc) is 3.41. The molecular formula is C27H25ClN8O. The maximum Gasteiger partial charge on any atom is 0.257 e. The van der Waals surface area contributed by atoms with Gasteiger partial charge in [-0.1, -0.05) is 23.7 Å². The summed E-state index contributed by atoms with van der Waals surface area (Å²) in [5.41, 5.74) is 3.96. The van der Waals surface area contributed by atoms with E-state index in [0.717, 1.165) is 65.5 Å². The Morgan fingerprint density at radius 3 is 2.59 bits per heavy atom. The Balaban J connectivity index is 1.29. The van der Waals surface area contributed by atoms with Gasteiger partial charge < -0.3 is 14.7 Å². The van der Waals surface area contributed by atoms with Crippen LogP contribution in [-0.2, 0) is 4.79 Å². The van der Waals surface area contributed by atoms with Crippen molar-refractivity contribution >= 4 is 51.5 Å². The summed E-state index contributed by atoms with van der Waals surface area (Å²) in [7, 11) is 1.99. The van der Waals surface area contributed by atoms with Gasteiger partial charge in [-0.3, -0.25) is 9.20 Å².